The van der Waals surface area contributed by atoms with E-state index in [1.165, 1.54) is 7.11 Å². The third-order valence-electron chi connectivity index (χ3n) is 3.62. The summed E-state index contributed by atoms with van der Waals surface area (Å²) in [7, 11) is 1.33. The van der Waals surface area contributed by atoms with Crippen LogP contribution in [0.5, 0.6) is 5.75 Å². The maximum Gasteiger partial charge on any atom is 0.417 e. The molecule has 0 saturated heterocycles. The summed E-state index contributed by atoms with van der Waals surface area (Å²) >= 11 is 11.1. The summed E-state index contributed by atoms with van der Waals surface area (Å²) in [6, 6.07) is 2.13. The molecule has 0 radical (unpaired) electrons. The normalized spacial score (nSPS) is 14.8. The molecule has 152 valence electrons. The molecule has 0 spiro atoms. The lowest BCUT2D eigenvalue weighted by molar-refractivity contribution is -0.126. The maximum atomic E-state index is 13.7. The van der Waals surface area contributed by atoms with Gasteiger partial charge in [0.2, 0.25) is 0 Å². The van der Waals surface area contributed by atoms with Gasteiger partial charge in [-0.05, 0) is 26.8 Å². The number of methoxy groups -OCH3 is 1. The largest absolute Gasteiger partial charge is 0.511 e. The molecule has 7 nitrogen and oxygen atoms in total. The number of hydrogen-bond donors (Lipinski definition) is 2. The molecule has 0 aliphatic carbocycles. The standard InChI is InChI=1S/C18H20ClFN2O5S/c1-18(2,3)27-17(25)22-6-5-12(23)13(16(22)24)15(28)21-11-8-9(20)7-10(19)14(11)26-4/h7-8,23H,5-6H2,1-4H3,(H,21,28). The van der Waals surface area contributed by atoms with Gasteiger partial charge in [-0.3, -0.25) is 4.79 Å². The van der Waals surface area contributed by atoms with Crippen LogP contribution < -0.4 is 10.1 Å². The van der Waals surface area contributed by atoms with Gasteiger partial charge < -0.3 is 19.9 Å². The summed E-state index contributed by atoms with van der Waals surface area (Å²) in [5.74, 6) is -1.65. The van der Waals surface area contributed by atoms with Crippen molar-refractivity contribution in [3.05, 3.63) is 34.3 Å². The van der Waals surface area contributed by atoms with E-state index in [9.17, 15) is 19.1 Å². The Bertz CT molecular complexity index is 866. The van der Waals surface area contributed by atoms with Crippen molar-refractivity contribution in [1.82, 2.24) is 4.90 Å². The summed E-state index contributed by atoms with van der Waals surface area (Å²) in [5.41, 5.74) is -1.01. The predicted octanol–water partition coefficient (Wildman–Crippen LogP) is 4.21. The Morgan fingerprint density at radius 2 is 2.04 bits per heavy atom. The first-order chi connectivity index (χ1) is 12.9. The zero-order chi connectivity index (χ0) is 21.2. The first kappa shape index (κ1) is 21.9. The van der Waals surface area contributed by atoms with Crippen LogP contribution >= 0.6 is 23.8 Å². The van der Waals surface area contributed by atoms with Crippen LogP contribution in [0.2, 0.25) is 5.02 Å². The van der Waals surface area contributed by atoms with Gasteiger partial charge in [0, 0.05) is 19.0 Å². The highest BCUT2D eigenvalue weighted by Gasteiger charge is 2.36. The number of rotatable bonds is 3. The molecule has 2 N–H and O–H groups in total. The van der Waals surface area contributed by atoms with Gasteiger partial charge in [0.05, 0.1) is 17.8 Å². The van der Waals surface area contributed by atoms with Crippen LogP contribution in [0.25, 0.3) is 0 Å². The zero-order valence-corrected chi connectivity index (χ0v) is 17.3. The number of benzene rings is 1. The number of aliphatic hydroxyl groups is 1. The molecule has 0 saturated carbocycles. The highest BCUT2D eigenvalue weighted by atomic mass is 35.5. The minimum absolute atomic E-state index is 0.00315. The SMILES string of the molecule is COc1c(Cl)cc(F)cc1NC(=S)C1=C(O)CCN(C(=O)OC(C)(C)C)C1=O. The van der Waals surface area contributed by atoms with Gasteiger partial charge in [-0.1, -0.05) is 23.8 Å². The van der Waals surface area contributed by atoms with Crippen LogP contribution in [0.1, 0.15) is 27.2 Å². The van der Waals surface area contributed by atoms with Crippen LogP contribution in [0, 0.1) is 5.82 Å². The predicted molar refractivity (Wildman–Crippen MR) is 106 cm³/mol. The Morgan fingerprint density at radius 3 is 2.61 bits per heavy atom. The number of nitrogens with one attached hydrogen (secondary N) is 1. The van der Waals surface area contributed by atoms with E-state index >= 15 is 0 Å². The molecular formula is C18H20ClFN2O5S. The lowest BCUT2D eigenvalue weighted by Crippen LogP contribution is -2.46. The van der Waals surface area contributed by atoms with Crippen molar-refractivity contribution in [3.63, 3.8) is 0 Å². The fraction of sp³-hybridized carbons (Fsp3) is 0.389. The average molecular weight is 431 g/mol. The van der Waals surface area contributed by atoms with Gasteiger partial charge in [0.15, 0.2) is 5.75 Å². The Balaban J connectivity index is 2.30. The second kappa shape index (κ2) is 8.32. The van der Waals surface area contributed by atoms with Crippen molar-refractivity contribution in [2.24, 2.45) is 0 Å². The zero-order valence-electron chi connectivity index (χ0n) is 15.8. The lowest BCUT2D eigenvalue weighted by Gasteiger charge is -2.30. The van der Waals surface area contributed by atoms with Crippen molar-refractivity contribution in [1.29, 1.82) is 0 Å². The fourth-order valence-electron chi connectivity index (χ4n) is 2.47. The number of ether oxygens (including phenoxy) is 2. The summed E-state index contributed by atoms with van der Waals surface area (Å²) in [4.78, 5) is 25.6. The van der Waals surface area contributed by atoms with E-state index in [2.05, 4.69) is 5.32 Å². The Labute approximate surface area is 172 Å². The third kappa shape index (κ3) is 4.90. The van der Waals surface area contributed by atoms with Crippen LogP contribution in [0.3, 0.4) is 0 Å². The molecule has 2 rings (SSSR count). The molecule has 1 aliphatic rings. The Kier molecular flexibility index (Phi) is 6.51. The molecule has 10 heteroatoms. The topological polar surface area (TPSA) is 88.1 Å². The number of aliphatic hydroxyl groups excluding tert-OH is 1. The molecule has 1 heterocycles. The second-order valence-corrected chi connectivity index (χ2v) is 7.75. The van der Waals surface area contributed by atoms with E-state index in [0.717, 1.165) is 17.0 Å². The Hall–Kier alpha value is -2.39. The lowest BCUT2D eigenvalue weighted by atomic mass is 10.1. The molecular weight excluding hydrogens is 411 g/mol. The summed E-state index contributed by atoms with van der Waals surface area (Å²) in [5, 5.41) is 12.8. The number of imide groups is 1. The molecule has 0 bridgehead atoms. The van der Waals surface area contributed by atoms with E-state index < -0.39 is 23.4 Å². The number of thiocarbonyl (C=S) groups is 1. The quantitative estimate of drug-likeness (QED) is 0.694. The van der Waals surface area contributed by atoms with Gasteiger partial charge in [-0.25, -0.2) is 14.1 Å². The smallest absolute Gasteiger partial charge is 0.417 e. The van der Waals surface area contributed by atoms with Gasteiger partial charge in [0.25, 0.3) is 5.91 Å². The molecule has 28 heavy (non-hydrogen) atoms. The molecule has 2 amide bonds. The van der Waals surface area contributed by atoms with Crippen LogP contribution in [-0.2, 0) is 9.53 Å². The molecule has 0 aromatic heterocycles. The number of nitrogens with zero attached hydrogens (tertiary/aromatic N) is 1. The van der Waals surface area contributed by atoms with Crippen molar-refractivity contribution in [3.8, 4) is 5.75 Å². The van der Waals surface area contributed by atoms with Gasteiger partial charge >= 0.3 is 6.09 Å². The molecule has 0 fully saturated rings. The fourth-order valence-corrected chi connectivity index (χ4v) is 3.07. The first-order valence-corrected chi connectivity index (χ1v) is 9.04. The summed E-state index contributed by atoms with van der Waals surface area (Å²) in [6.07, 6.45) is -0.847. The van der Waals surface area contributed by atoms with Crippen LogP contribution in [-0.4, -0.2) is 46.3 Å². The van der Waals surface area contributed by atoms with Gasteiger partial charge in [-0.2, -0.15) is 0 Å². The van der Waals surface area contributed by atoms with E-state index in [-0.39, 0.29) is 45.7 Å². The molecule has 0 unspecified atom stereocenters. The number of anilines is 1. The second-order valence-electron chi connectivity index (χ2n) is 6.93. The van der Waals surface area contributed by atoms with Crippen LogP contribution in [0.15, 0.2) is 23.5 Å². The third-order valence-corrected chi connectivity index (χ3v) is 4.21. The highest BCUT2D eigenvalue weighted by molar-refractivity contribution is 7.81. The van der Waals surface area contributed by atoms with E-state index in [0.29, 0.717) is 0 Å². The maximum absolute atomic E-state index is 13.7. The van der Waals surface area contributed by atoms with E-state index in [1.807, 2.05) is 0 Å². The van der Waals surface area contributed by atoms with E-state index in [4.69, 9.17) is 33.3 Å². The molecule has 1 aromatic rings. The summed E-state index contributed by atoms with van der Waals surface area (Å²) < 4.78 is 24.0. The minimum atomic E-state index is -0.850. The highest BCUT2D eigenvalue weighted by Crippen LogP contribution is 2.34. The first-order valence-electron chi connectivity index (χ1n) is 8.26. The number of amides is 2. The summed E-state index contributed by atoms with van der Waals surface area (Å²) in [6.45, 7) is 4.94. The van der Waals surface area contributed by atoms with Crippen molar-refractivity contribution in [2.75, 3.05) is 19.0 Å². The van der Waals surface area contributed by atoms with Gasteiger partial charge in [-0.15, -0.1) is 0 Å². The molecule has 1 aliphatic heterocycles. The monoisotopic (exact) mass is 430 g/mol. The van der Waals surface area contributed by atoms with Crippen LogP contribution in [0.4, 0.5) is 14.9 Å². The van der Waals surface area contributed by atoms with Gasteiger partial charge in [0.1, 0.15) is 27.7 Å². The average Bonchev–Trinajstić information content (AvgIpc) is 2.52. The number of hydrogen-bond acceptors (Lipinski definition) is 6. The molecule has 0 atom stereocenters. The van der Waals surface area contributed by atoms with Crippen molar-refractivity contribution < 1.29 is 28.6 Å². The van der Waals surface area contributed by atoms with Crippen molar-refractivity contribution >= 4 is 46.5 Å². The van der Waals surface area contributed by atoms with Crippen molar-refractivity contribution in [2.45, 2.75) is 32.8 Å². The number of halogens is 2. The Morgan fingerprint density at radius 1 is 1.39 bits per heavy atom. The number of carbonyl (C=O) groups is 2. The molecule has 1 aromatic carbocycles. The van der Waals surface area contributed by atoms with E-state index in [1.54, 1.807) is 20.8 Å². The minimum Gasteiger partial charge on any atom is -0.511 e. The number of carbonyl (C=O) groups excluding carboxylic acids is 2.